The van der Waals surface area contributed by atoms with Crippen molar-refractivity contribution in [3.63, 3.8) is 0 Å². The monoisotopic (exact) mass is 268 g/mol. The molecular weight excluding hydrogens is 252 g/mol. The fourth-order valence-electron chi connectivity index (χ4n) is 1.26. The lowest BCUT2D eigenvalue weighted by molar-refractivity contribution is 0.00706. The van der Waals surface area contributed by atoms with Gasteiger partial charge in [0.2, 0.25) is 0 Å². The third-order valence-corrected chi connectivity index (χ3v) is 2.20. The highest BCUT2D eigenvalue weighted by molar-refractivity contribution is 6.28. The first kappa shape index (κ1) is 14.5. The van der Waals surface area contributed by atoms with Gasteiger partial charge in [-0.3, -0.25) is 0 Å². The number of esters is 1. The van der Waals surface area contributed by atoms with Gasteiger partial charge in [-0.1, -0.05) is 12.1 Å². The molecule has 1 aromatic carbocycles. The average molecular weight is 269 g/mol. The number of halogens is 1. The van der Waals surface area contributed by atoms with Crippen LogP contribution in [0, 0.1) is 0 Å². The van der Waals surface area contributed by atoms with E-state index in [9.17, 15) is 4.79 Å². The summed E-state index contributed by atoms with van der Waals surface area (Å²) in [6.45, 7) is 5.43. The highest BCUT2D eigenvalue weighted by Gasteiger charge is 2.20. The number of rotatable bonds is 3. The van der Waals surface area contributed by atoms with Gasteiger partial charge in [-0.15, -0.1) is 11.6 Å². The Kier molecular flexibility index (Phi) is 4.73. The van der Waals surface area contributed by atoms with Crippen molar-refractivity contribution in [1.82, 2.24) is 0 Å². The lowest BCUT2D eigenvalue weighted by atomic mass is 10.1. The lowest BCUT2D eigenvalue weighted by Crippen LogP contribution is -2.24. The molecule has 18 heavy (non-hydrogen) atoms. The summed E-state index contributed by atoms with van der Waals surface area (Å²) in [6.07, 6.45) is 0. The number of ether oxygens (including phenoxy) is 1. The van der Waals surface area contributed by atoms with E-state index in [1.165, 1.54) is 0 Å². The topological polar surface area (TPSA) is 64.7 Å². The molecule has 0 saturated carbocycles. The van der Waals surface area contributed by atoms with Crippen molar-refractivity contribution >= 4 is 29.1 Å². The largest absolute Gasteiger partial charge is 0.456 e. The van der Waals surface area contributed by atoms with E-state index in [4.69, 9.17) is 22.1 Å². The smallest absolute Gasteiger partial charge is 0.340 e. The summed E-state index contributed by atoms with van der Waals surface area (Å²) in [4.78, 5) is 16.1. The van der Waals surface area contributed by atoms with Crippen LogP contribution in [-0.4, -0.2) is 23.3 Å². The first-order valence-electron chi connectivity index (χ1n) is 5.55. The molecule has 1 aromatic rings. The van der Waals surface area contributed by atoms with Gasteiger partial charge in [-0.05, 0) is 32.9 Å². The SMILES string of the molecule is CC(C)(C)OC(=O)c1ccccc1N=C(N)CCl. The van der Waals surface area contributed by atoms with Crippen LogP contribution in [-0.2, 0) is 4.74 Å². The number of para-hydroxylation sites is 1. The zero-order valence-electron chi connectivity index (χ0n) is 10.7. The maximum absolute atomic E-state index is 12.0. The minimum atomic E-state index is -0.550. The number of carbonyl (C=O) groups excluding carboxylic acids is 1. The zero-order valence-corrected chi connectivity index (χ0v) is 11.5. The van der Waals surface area contributed by atoms with Crippen molar-refractivity contribution in [2.45, 2.75) is 26.4 Å². The minimum Gasteiger partial charge on any atom is -0.456 e. The minimum absolute atomic E-state index is 0.114. The second-order valence-electron chi connectivity index (χ2n) is 4.76. The third kappa shape index (κ3) is 4.37. The van der Waals surface area contributed by atoms with Gasteiger partial charge in [0.25, 0.3) is 0 Å². The number of hydrogen-bond donors (Lipinski definition) is 1. The van der Waals surface area contributed by atoms with E-state index in [0.717, 1.165) is 0 Å². The summed E-state index contributed by atoms with van der Waals surface area (Å²) in [5.41, 5.74) is 5.86. The van der Waals surface area contributed by atoms with Gasteiger partial charge in [0, 0.05) is 0 Å². The molecule has 0 saturated heterocycles. The van der Waals surface area contributed by atoms with E-state index < -0.39 is 11.6 Å². The van der Waals surface area contributed by atoms with Crippen LogP contribution < -0.4 is 5.73 Å². The summed E-state index contributed by atoms with van der Waals surface area (Å²) in [5.74, 6) is -0.0558. The Morgan fingerprint density at radius 3 is 2.56 bits per heavy atom. The van der Waals surface area contributed by atoms with E-state index in [1.54, 1.807) is 24.3 Å². The van der Waals surface area contributed by atoms with Crippen LogP contribution in [0.3, 0.4) is 0 Å². The number of carbonyl (C=O) groups is 1. The Labute approximate surface area is 112 Å². The fraction of sp³-hybridized carbons (Fsp3) is 0.385. The molecule has 98 valence electrons. The van der Waals surface area contributed by atoms with Gasteiger partial charge in [0.1, 0.15) is 11.4 Å². The van der Waals surface area contributed by atoms with E-state index >= 15 is 0 Å². The molecule has 0 atom stereocenters. The van der Waals surface area contributed by atoms with Crippen molar-refractivity contribution in [1.29, 1.82) is 0 Å². The molecule has 0 aliphatic heterocycles. The predicted octanol–water partition coefficient (Wildman–Crippen LogP) is 2.87. The van der Waals surface area contributed by atoms with Gasteiger partial charge in [0.15, 0.2) is 0 Å². The number of aliphatic imine (C=N–C) groups is 1. The van der Waals surface area contributed by atoms with E-state index in [0.29, 0.717) is 11.3 Å². The molecule has 0 spiro atoms. The normalized spacial score (nSPS) is 12.3. The molecule has 0 bridgehead atoms. The molecule has 0 amide bonds. The van der Waals surface area contributed by atoms with Crippen LogP contribution in [0.5, 0.6) is 0 Å². The van der Waals surface area contributed by atoms with E-state index in [1.807, 2.05) is 20.8 Å². The number of benzene rings is 1. The Hall–Kier alpha value is -1.55. The second-order valence-corrected chi connectivity index (χ2v) is 5.02. The van der Waals surface area contributed by atoms with Crippen LogP contribution in [0.4, 0.5) is 5.69 Å². The van der Waals surface area contributed by atoms with Crippen LogP contribution >= 0.6 is 11.6 Å². The van der Waals surface area contributed by atoms with Crippen molar-refractivity contribution in [3.05, 3.63) is 29.8 Å². The first-order chi connectivity index (χ1) is 8.33. The van der Waals surface area contributed by atoms with Crippen LogP contribution in [0.25, 0.3) is 0 Å². The first-order valence-corrected chi connectivity index (χ1v) is 6.08. The molecule has 1 rings (SSSR count). The average Bonchev–Trinajstić information content (AvgIpc) is 2.27. The molecule has 0 aromatic heterocycles. The molecule has 0 aliphatic rings. The molecule has 5 heteroatoms. The number of nitrogens with two attached hydrogens (primary N) is 1. The van der Waals surface area contributed by atoms with Crippen molar-refractivity contribution < 1.29 is 9.53 Å². The predicted molar refractivity (Wildman–Crippen MR) is 73.6 cm³/mol. The van der Waals surface area contributed by atoms with Crippen LogP contribution in [0.1, 0.15) is 31.1 Å². The molecule has 0 aliphatic carbocycles. The summed E-state index contributed by atoms with van der Waals surface area (Å²) in [7, 11) is 0. The maximum atomic E-state index is 12.0. The number of hydrogen-bond acceptors (Lipinski definition) is 3. The van der Waals surface area contributed by atoms with Crippen molar-refractivity contribution in [2.24, 2.45) is 10.7 Å². The van der Waals surface area contributed by atoms with Crippen molar-refractivity contribution in [3.8, 4) is 0 Å². The summed E-state index contributed by atoms with van der Waals surface area (Å²) in [6, 6.07) is 6.86. The molecule has 4 nitrogen and oxygen atoms in total. The van der Waals surface area contributed by atoms with Crippen LogP contribution in [0.15, 0.2) is 29.3 Å². The van der Waals surface area contributed by atoms with Crippen molar-refractivity contribution in [2.75, 3.05) is 5.88 Å². The number of amidine groups is 1. The van der Waals surface area contributed by atoms with Gasteiger partial charge in [-0.25, -0.2) is 9.79 Å². The molecule has 0 radical (unpaired) electrons. The van der Waals surface area contributed by atoms with Gasteiger partial charge in [-0.2, -0.15) is 0 Å². The van der Waals surface area contributed by atoms with E-state index in [2.05, 4.69) is 4.99 Å². The van der Waals surface area contributed by atoms with E-state index in [-0.39, 0.29) is 11.7 Å². The zero-order chi connectivity index (χ0) is 13.8. The molecular formula is C13H17ClN2O2. The second kappa shape index (κ2) is 5.87. The van der Waals surface area contributed by atoms with Gasteiger partial charge < -0.3 is 10.5 Å². The Morgan fingerprint density at radius 1 is 1.39 bits per heavy atom. The fourth-order valence-corrected chi connectivity index (χ4v) is 1.32. The Balaban J connectivity index is 3.06. The van der Waals surface area contributed by atoms with Crippen LogP contribution in [0.2, 0.25) is 0 Å². The highest BCUT2D eigenvalue weighted by Crippen LogP contribution is 2.22. The summed E-state index contributed by atoms with van der Waals surface area (Å²) < 4.78 is 5.30. The maximum Gasteiger partial charge on any atom is 0.340 e. The summed E-state index contributed by atoms with van der Waals surface area (Å²) >= 11 is 5.57. The number of nitrogens with zero attached hydrogens (tertiary/aromatic N) is 1. The quantitative estimate of drug-likeness (QED) is 0.397. The molecule has 0 unspecified atom stereocenters. The summed E-state index contributed by atoms with van der Waals surface area (Å²) in [5, 5.41) is 0. The number of alkyl halides is 1. The standard InChI is InChI=1S/C13H17ClN2O2/c1-13(2,3)18-12(17)9-6-4-5-7-10(9)16-11(15)8-14/h4-7H,8H2,1-3H3,(H2,15,16). The lowest BCUT2D eigenvalue weighted by Gasteiger charge is -2.20. The van der Waals surface area contributed by atoms with Gasteiger partial charge in [0.05, 0.1) is 17.1 Å². The highest BCUT2D eigenvalue weighted by atomic mass is 35.5. The third-order valence-electron chi connectivity index (χ3n) is 1.92. The Bertz CT molecular complexity index is 464. The molecule has 0 fully saturated rings. The van der Waals surface area contributed by atoms with Gasteiger partial charge >= 0.3 is 5.97 Å². The molecule has 0 heterocycles. The molecule has 2 N–H and O–H groups in total. The Morgan fingerprint density at radius 2 is 2.00 bits per heavy atom.